The number of amides is 1. The lowest BCUT2D eigenvalue weighted by molar-refractivity contribution is 0.0905. The van der Waals surface area contributed by atoms with Gasteiger partial charge in [-0.2, -0.15) is 0 Å². The van der Waals surface area contributed by atoms with Gasteiger partial charge in [-0.25, -0.2) is 8.42 Å². The summed E-state index contributed by atoms with van der Waals surface area (Å²) in [6.07, 6.45) is 7.40. The van der Waals surface area contributed by atoms with Crippen LogP contribution < -0.4 is 10.0 Å². The third-order valence-corrected chi connectivity index (χ3v) is 8.83. The Morgan fingerprint density at radius 2 is 1.83 bits per heavy atom. The Balaban J connectivity index is 1.30. The van der Waals surface area contributed by atoms with Gasteiger partial charge in [0, 0.05) is 36.9 Å². The number of thiophene rings is 1. The Bertz CT molecular complexity index is 946. The highest BCUT2D eigenvalue weighted by Gasteiger charge is 2.24. The van der Waals surface area contributed by atoms with Crippen molar-refractivity contribution in [2.24, 2.45) is 5.92 Å². The first kappa shape index (κ1) is 21.3. The predicted molar refractivity (Wildman–Crippen MR) is 120 cm³/mol. The minimum Gasteiger partial charge on any atom is -0.349 e. The quantitative estimate of drug-likeness (QED) is 0.674. The molecule has 1 aliphatic carbocycles. The van der Waals surface area contributed by atoms with Crippen LogP contribution in [0.5, 0.6) is 0 Å². The standard InChI is InChI=1S/C22H29N3O3S2/c26-22(23-19-10-12-25(13-11-19)16-17-5-1-2-6-17)18-7-3-8-20(15-18)24-30(27,28)21-9-4-14-29-21/h3-4,7-9,14-15,17,19,24H,1-2,5-6,10-13,16H2,(H,23,26). The molecule has 8 heteroatoms. The summed E-state index contributed by atoms with van der Waals surface area (Å²) in [7, 11) is -3.62. The lowest BCUT2D eigenvalue weighted by Gasteiger charge is -2.33. The molecule has 4 rings (SSSR count). The van der Waals surface area contributed by atoms with Crippen molar-refractivity contribution in [2.75, 3.05) is 24.4 Å². The zero-order valence-electron chi connectivity index (χ0n) is 17.0. The lowest BCUT2D eigenvalue weighted by Crippen LogP contribution is -2.45. The van der Waals surface area contributed by atoms with E-state index in [0.29, 0.717) is 11.3 Å². The van der Waals surface area contributed by atoms with Gasteiger partial charge < -0.3 is 10.2 Å². The van der Waals surface area contributed by atoms with Crippen molar-refractivity contribution in [2.45, 2.75) is 48.8 Å². The normalized spacial score (nSPS) is 19.1. The van der Waals surface area contributed by atoms with E-state index < -0.39 is 10.0 Å². The van der Waals surface area contributed by atoms with Crippen molar-refractivity contribution in [3.05, 3.63) is 47.3 Å². The van der Waals surface area contributed by atoms with E-state index in [2.05, 4.69) is 14.9 Å². The van der Waals surface area contributed by atoms with Gasteiger partial charge in [0.1, 0.15) is 4.21 Å². The Morgan fingerprint density at radius 3 is 2.53 bits per heavy atom. The van der Waals surface area contributed by atoms with Crippen LogP contribution in [0.25, 0.3) is 0 Å². The molecule has 2 heterocycles. The van der Waals surface area contributed by atoms with E-state index in [1.807, 2.05) is 0 Å². The summed E-state index contributed by atoms with van der Waals surface area (Å²) in [6, 6.07) is 10.1. The van der Waals surface area contributed by atoms with Crippen LogP contribution in [0, 0.1) is 5.92 Å². The molecule has 1 amide bonds. The molecule has 0 radical (unpaired) electrons. The topological polar surface area (TPSA) is 78.5 Å². The fourth-order valence-electron chi connectivity index (χ4n) is 4.43. The van der Waals surface area contributed by atoms with Crippen molar-refractivity contribution >= 4 is 33.0 Å². The number of hydrogen-bond acceptors (Lipinski definition) is 5. The van der Waals surface area contributed by atoms with Gasteiger partial charge in [0.25, 0.3) is 15.9 Å². The maximum Gasteiger partial charge on any atom is 0.271 e. The molecule has 1 saturated carbocycles. The van der Waals surface area contributed by atoms with Gasteiger partial charge in [-0.3, -0.25) is 9.52 Å². The highest BCUT2D eigenvalue weighted by molar-refractivity contribution is 7.94. The highest BCUT2D eigenvalue weighted by atomic mass is 32.2. The number of rotatable bonds is 7. The monoisotopic (exact) mass is 447 g/mol. The summed E-state index contributed by atoms with van der Waals surface area (Å²) in [5.41, 5.74) is 0.859. The van der Waals surface area contributed by atoms with Crippen molar-refractivity contribution < 1.29 is 13.2 Å². The second-order valence-corrected chi connectivity index (χ2v) is 11.2. The minimum atomic E-state index is -3.62. The Kier molecular flexibility index (Phi) is 6.75. The number of likely N-dealkylation sites (tertiary alicyclic amines) is 1. The van der Waals surface area contributed by atoms with E-state index in [-0.39, 0.29) is 16.2 Å². The number of anilines is 1. The van der Waals surface area contributed by atoms with Gasteiger partial charge in [-0.1, -0.05) is 25.0 Å². The number of carbonyl (C=O) groups is 1. The molecule has 2 aromatic rings. The van der Waals surface area contributed by atoms with Crippen molar-refractivity contribution in [1.29, 1.82) is 0 Å². The van der Waals surface area contributed by atoms with Crippen LogP contribution in [0.2, 0.25) is 0 Å². The molecular weight excluding hydrogens is 418 g/mol. The number of piperidine rings is 1. The molecule has 1 aliphatic heterocycles. The summed E-state index contributed by atoms with van der Waals surface area (Å²) in [4.78, 5) is 15.3. The SMILES string of the molecule is O=C(NC1CCN(CC2CCCC2)CC1)c1cccc(NS(=O)(=O)c2cccs2)c1. The van der Waals surface area contributed by atoms with Gasteiger partial charge >= 0.3 is 0 Å². The molecule has 0 atom stereocenters. The Morgan fingerprint density at radius 1 is 1.07 bits per heavy atom. The first-order chi connectivity index (χ1) is 14.5. The third kappa shape index (κ3) is 5.42. The highest BCUT2D eigenvalue weighted by Crippen LogP contribution is 2.26. The first-order valence-electron chi connectivity index (χ1n) is 10.7. The summed E-state index contributed by atoms with van der Waals surface area (Å²) in [5, 5.41) is 4.85. The Hall–Kier alpha value is -1.90. The average molecular weight is 448 g/mol. The van der Waals surface area contributed by atoms with E-state index in [4.69, 9.17) is 0 Å². The lowest BCUT2D eigenvalue weighted by atomic mass is 10.0. The maximum atomic E-state index is 12.7. The number of carbonyl (C=O) groups excluding carboxylic acids is 1. The Labute approximate surface area is 182 Å². The molecule has 1 aromatic heterocycles. The molecule has 1 aromatic carbocycles. The predicted octanol–water partition coefficient (Wildman–Crippen LogP) is 3.93. The van der Waals surface area contributed by atoms with Crippen LogP contribution in [0.3, 0.4) is 0 Å². The molecule has 30 heavy (non-hydrogen) atoms. The zero-order valence-corrected chi connectivity index (χ0v) is 18.7. The van der Waals surface area contributed by atoms with Gasteiger partial charge in [0.05, 0.1) is 0 Å². The second kappa shape index (κ2) is 9.49. The smallest absolute Gasteiger partial charge is 0.271 e. The molecule has 0 spiro atoms. The molecule has 162 valence electrons. The molecule has 2 N–H and O–H groups in total. The van der Waals surface area contributed by atoms with E-state index in [1.54, 1.807) is 41.8 Å². The fourth-order valence-corrected chi connectivity index (χ4v) is 6.47. The molecule has 0 unspecified atom stereocenters. The van der Waals surface area contributed by atoms with E-state index >= 15 is 0 Å². The van der Waals surface area contributed by atoms with Crippen molar-refractivity contribution in [1.82, 2.24) is 10.2 Å². The van der Waals surface area contributed by atoms with Crippen LogP contribution in [0.1, 0.15) is 48.9 Å². The second-order valence-electron chi connectivity index (χ2n) is 8.32. The van der Waals surface area contributed by atoms with Gasteiger partial charge in [0.15, 0.2) is 0 Å². The molecule has 0 bridgehead atoms. The number of sulfonamides is 1. The average Bonchev–Trinajstić information content (AvgIpc) is 3.44. The minimum absolute atomic E-state index is 0.151. The molecular formula is C22H29N3O3S2. The summed E-state index contributed by atoms with van der Waals surface area (Å²) >= 11 is 1.16. The summed E-state index contributed by atoms with van der Waals surface area (Å²) in [5.74, 6) is 0.707. The van der Waals surface area contributed by atoms with E-state index in [9.17, 15) is 13.2 Å². The van der Waals surface area contributed by atoms with Crippen LogP contribution in [0.15, 0.2) is 46.0 Å². The molecule has 2 fully saturated rings. The summed E-state index contributed by atoms with van der Waals surface area (Å²) < 4.78 is 27.6. The van der Waals surface area contributed by atoms with E-state index in [1.165, 1.54) is 32.2 Å². The van der Waals surface area contributed by atoms with Gasteiger partial charge in [-0.15, -0.1) is 11.3 Å². The van der Waals surface area contributed by atoms with Gasteiger partial charge in [-0.05, 0) is 61.2 Å². The molecule has 2 aliphatic rings. The van der Waals surface area contributed by atoms with Crippen LogP contribution in [-0.2, 0) is 10.0 Å². The number of hydrogen-bond donors (Lipinski definition) is 2. The number of benzene rings is 1. The van der Waals surface area contributed by atoms with Crippen molar-refractivity contribution in [3.8, 4) is 0 Å². The zero-order chi connectivity index (χ0) is 21.0. The number of nitrogens with zero attached hydrogens (tertiary/aromatic N) is 1. The van der Waals surface area contributed by atoms with Crippen LogP contribution in [0.4, 0.5) is 5.69 Å². The maximum absolute atomic E-state index is 12.7. The molecule has 6 nitrogen and oxygen atoms in total. The molecule has 1 saturated heterocycles. The van der Waals surface area contributed by atoms with Crippen LogP contribution in [-0.4, -0.2) is 44.9 Å². The fraction of sp³-hybridized carbons (Fsp3) is 0.500. The number of nitrogens with one attached hydrogen (secondary N) is 2. The largest absolute Gasteiger partial charge is 0.349 e. The summed E-state index contributed by atoms with van der Waals surface area (Å²) in [6.45, 7) is 3.26. The van der Waals surface area contributed by atoms with E-state index in [0.717, 1.165) is 43.2 Å². The first-order valence-corrected chi connectivity index (χ1v) is 13.1. The third-order valence-electron chi connectivity index (χ3n) is 6.05. The van der Waals surface area contributed by atoms with Crippen molar-refractivity contribution in [3.63, 3.8) is 0 Å². The van der Waals surface area contributed by atoms with Crippen LogP contribution >= 0.6 is 11.3 Å². The van der Waals surface area contributed by atoms with Gasteiger partial charge in [0.2, 0.25) is 0 Å².